The lowest BCUT2D eigenvalue weighted by molar-refractivity contribution is 0.562. The number of hydrogen-bond acceptors (Lipinski definition) is 2. The summed E-state index contributed by atoms with van der Waals surface area (Å²) in [5.41, 5.74) is 2.38. The van der Waals surface area contributed by atoms with Crippen molar-refractivity contribution in [2.24, 2.45) is 0 Å². The van der Waals surface area contributed by atoms with Crippen LogP contribution in [0.3, 0.4) is 0 Å². The molecule has 0 aliphatic rings. The van der Waals surface area contributed by atoms with Gasteiger partial charge in [0.05, 0.1) is 0 Å². The van der Waals surface area contributed by atoms with E-state index in [4.69, 9.17) is 0 Å². The molecule has 1 aromatic heterocycles. The van der Waals surface area contributed by atoms with Gasteiger partial charge in [-0.2, -0.15) is 0 Å². The topological polar surface area (TPSA) is 24.9 Å². The molecule has 19 heavy (non-hydrogen) atoms. The highest BCUT2D eigenvalue weighted by Crippen LogP contribution is 2.20. The zero-order chi connectivity index (χ0) is 13.8. The van der Waals surface area contributed by atoms with Crippen molar-refractivity contribution < 1.29 is 8.78 Å². The summed E-state index contributed by atoms with van der Waals surface area (Å²) in [6.07, 6.45) is 1.72. The summed E-state index contributed by atoms with van der Waals surface area (Å²) in [5, 5.41) is 3.23. The van der Waals surface area contributed by atoms with Crippen LogP contribution in [0.4, 0.5) is 14.5 Å². The van der Waals surface area contributed by atoms with Gasteiger partial charge >= 0.3 is 0 Å². The molecule has 1 atom stereocenters. The van der Waals surface area contributed by atoms with Crippen molar-refractivity contribution in [1.29, 1.82) is 0 Å². The lowest BCUT2D eigenvalue weighted by Gasteiger charge is -2.15. The van der Waals surface area contributed by atoms with Crippen LogP contribution in [-0.4, -0.2) is 11.5 Å². The van der Waals surface area contributed by atoms with Crippen molar-refractivity contribution in [2.75, 3.05) is 11.9 Å². The van der Waals surface area contributed by atoms with Gasteiger partial charge in [0.1, 0.15) is 11.6 Å². The van der Waals surface area contributed by atoms with Gasteiger partial charge in [-0.15, -0.1) is 0 Å². The Morgan fingerprint density at radius 1 is 1.21 bits per heavy atom. The van der Waals surface area contributed by atoms with E-state index in [1.807, 2.05) is 26.0 Å². The minimum absolute atomic E-state index is 0.0472. The summed E-state index contributed by atoms with van der Waals surface area (Å²) in [4.78, 5) is 4.11. The van der Waals surface area contributed by atoms with Gasteiger partial charge in [0.2, 0.25) is 0 Å². The van der Waals surface area contributed by atoms with Gasteiger partial charge in [0, 0.05) is 36.1 Å². The van der Waals surface area contributed by atoms with Crippen LogP contribution in [0.25, 0.3) is 0 Å². The Hall–Kier alpha value is -1.97. The van der Waals surface area contributed by atoms with Gasteiger partial charge in [-0.3, -0.25) is 4.98 Å². The summed E-state index contributed by atoms with van der Waals surface area (Å²) >= 11 is 0. The van der Waals surface area contributed by atoms with Gasteiger partial charge < -0.3 is 5.32 Å². The average Bonchev–Trinajstić information content (AvgIpc) is 2.36. The smallest absolute Gasteiger partial charge is 0.129 e. The van der Waals surface area contributed by atoms with Gasteiger partial charge in [-0.25, -0.2) is 8.78 Å². The van der Waals surface area contributed by atoms with Crippen LogP contribution in [0.1, 0.15) is 24.1 Å². The van der Waals surface area contributed by atoms with Crippen molar-refractivity contribution in [3.8, 4) is 0 Å². The Balaban J connectivity index is 2.03. The SMILES string of the molecule is Cc1cc(NCC(C)c2ccc(F)cc2F)ccn1. The van der Waals surface area contributed by atoms with E-state index in [9.17, 15) is 8.78 Å². The molecule has 0 bridgehead atoms. The molecule has 100 valence electrons. The Morgan fingerprint density at radius 2 is 2.00 bits per heavy atom. The van der Waals surface area contributed by atoms with Gasteiger partial charge in [0.25, 0.3) is 0 Å². The molecule has 0 aliphatic carbocycles. The highest BCUT2D eigenvalue weighted by molar-refractivity contribution is 5.43. The number of aromatic nitrogens is 1. The first-order valence-corrected chi connectivity index (χ1v) is 6.17. The van der Waals surface area contributed by atoms with Crippen molar-refractivity contribution in [3.05, 3.63) is 59.4 Å². The Kier molecular flexibility index (Phi) is 4.10. The average molecular weight is 262 g/mol. The van der Waals surface area contributed by atoms with Crippen LogP contribution in [0.5, 0.6) is 0 Å². The van der Waals surface area contributed by atoms with Crippen LogP contribution in [0.15, 0.2) is 36.5 Å². The molecule has 0 aliphatic heterocycles. The minimum Gasteiger partial charge on any atom is -0.384 e. The van der Waals surface area contributed by atoms with E-state index >= 15 is 0 Å². The van der Waals surface area contributed by atoms with Gasteiger partial charge in [-0.05, 0) is 30.7 Å². The van der Waals surface area contributed by atoms with Crippen molar-refractivity contribution in [3.63, 3.8) is 0 Å². The fourth-order valence-electron chi connectivity index (χ4n) is 1.94. The van der Waals surface area contributed by atoms with Crippen LogP contribution in [-0.2, 0) is 0 Å². The number of aryl methyl sites for hydroxylation is 1. The second-order valence-electron chi connectivity index (χ2n) is 4.63. The second-order valence-corrected chi connectivity index (χ2v) is 4.63. The lowest BCUT2D eigenvalue weighted by Crippen LogP contribution is -2.11. The number of anilines is 1. The summed E-state index contributed by atoms with van der Waals surface area (Å²) in [5.74, 6) is -1.10. The van der Waals surface area contributed by atoms with E-state index in [1.54, 1.807) is 6.20 Å². The molecule has 0 spiro atoms. The molecule has 2 nitrogen and oxygen atoms in total. The standard InChI is InChI=1S/C15H16F2N2/c1-10(14-4-3-12(16)8-15(14)17)9-19-13-5-6-18-11(2)7-13/h3-8,10H,9H2,1-2H3,(H,18,19). The quantitative estimate of drug-likeness (QED) is 0.904. The Morgan fingerprint density at radius 3 is 2.68 bits per heavy atom. The molecule has 0 saturated heterocycles. The Bertz CT molecular complexity index is 570. The molecule has 1 unspecified atom stereocenters. The van der Waals surface area contributed by atoms with E-state index < -0.39 is 11.6 Å². The minimum atomic E-state index is -0.550. The molecule has 0 saturated carbocycles. The lowest BCUT2D eigenvalue weighted by atomic mass is 10.0. The summed E-state index contributed by atoms with van der Waals surface area (Å²) < 4.78 is 26.5. The molecule has 1 heterocycles. The number of pyridine rings is 1. The number of hydrogen-bond donors (Lipinski definition) is 1. The highest BCUT2D eigenvalue weighted by atomic mass is 19.1. The zero-order valence-corrected chi connectivity index (χ0v) is 11.0. The normalized spacial score (nSPS) is 12.2. The van der Waals surface area contributed by atoms with E-state index in [0.717, 1.165) is 17.4 Å². The number of nitrogens with one attached hydrogen (secondary N) is 1. The molecule has 0 radical (unpaired) electrons. The van der Waals surface area contributed by atoms with E-state index in [2.05, 4.69) is 10.3 Å². The maximum absolute atomic E-state index is 13.6. The zero-order valence-electron chi connectivity index (χ0n) is 11.0. The van der Waals surface area contributed by atoms with Crippen LogP contribution in [0, 0.1) is 18.6 Å². The first-order chi connectivity index (χ1) is 9.06. The first-order valence-electron chi connectivity index (χ1n) is 6.17. The van der Waals surface area contributed by atoms with E-state index in [0.29, 0.717) is 12.1 Å². The number of benzene rings is 1. The molecule has 0 amide bonds. The third kappa shape index (κ3) is 3.50. The summed E-state index contributed by atoms with van der Waals surface area (Å²) in [6, 6.07) is 7.48. The maximum Gasteiger partial charge on any atom is 0.129 e. The third-order valence-electron chi connectivity index (χ3n) is 3.00. The van der Waals surface area contributed by atoms with Crippen LogP contribution < -0.4 is 5.32 Å². The number of nitrogens with zero attached hydrogens (tertiary/aromatic N) is 1. The second kappa shape index (κ2) is 5.78. The molecular formula is C15H16F2N2. The predicted molar refractivity (Wildman–Crippen MR) is 72.2 cm³/mol. The van der Waals surface area contributed by atoms with E-state index in [-0.39, 0.29) is 5.92 Å². The molecule has 1 N–H and O–H groups in total. The number of rotatable bonds is 4. The monoisotopic (exact) mass is 262 g/mol. The van der Waals surface area contributed by atoms with Gasteiger partial charge in [-0.1, -0.05) is 13.0 Å². The van der Waals surface area contributed by atoms with E-state index in [1.165, 1.54) is 12.1 Å². The van der Waals surface area contributed by atoms with Gasteiger partial charge in [0.15, 0.2) is 0 Å². The molecule has 4 heteroatoms. The van der Waals surface area contributed by atoms with Crippen molar-refractivity contribution in [2.45, 2.75) is 19.8 Å². The van der Waals surface area contributed by atoms with Crippen LogP contribution in [0.2, 0.25) is 0 Å². The maximum atomic E-state index is 13.6. The Labute approximate surface area is 111 Å². The fourth-order valence-corrected chi connectivity index (χ4v) is 1.94. The number of halogens is 2. The highest BCUT2D eigenvalue weighted by Gasteiger charge is 2.11. The predicted octanol–water partition coefficient (Wildman–Crippen LogP) is 3.88. The molecule has 2 aromatic rings. The summed E-state index contributed by atoms with van der Waals surface area (Å²) in [7, 11) is 0. The molecular weight excluding hydrogens is 246 g/mol. The third-order valence-corrected chi connectivity index (χ3v) is 3.00. The van der Waals surface area contributed by atoms with Crippen molar-refractivity contribution in [1.82, 2.24) is 4.98 Å². The molecule has 0 fully saturated rings. The molecule has 1 aromatic carbocycles. The van der Waals surface area contributed by atoms with Crippen molar-refractivity contribution >= 4 is 5.69 Å². The van der Waals surface area contributed by atoms with Crippen LogP contribution >= 0.6 is 0 Å². The fraction of sp³-hybridized carbons (Fsp3) is 0.267. The largest absolute Gasteiger partial charge is 0.384 e. The molecule has 2 rings (SSSR count). The summed E-state index contributed by atoms with van der Waals surface area (Å²) in [6.45, 7) is 4.39. The first kappa shape index (κ1) is 13.5.